The lowest BCUT2D eigenvalue weighted by Gasteiger charge is -2.34. The van der Waals surface area contributed by atoms with E-state index in [1.165, 1.54) is 42.6 Å². The van der Waals surface area contributed by atoms with Crippen LogP contribution in [0, 0.1) is 0 Å². The first-order valence-corrected chi connectivity index (χ1v) is 18.1. The van der Waals surface area contributed by atoms with Gasteiger partial charge in [0.05, 0.1) is 11.0 Å². The third-order valence-electron chi connectivity index (χ3n) is 9.71. The van der Waals surface area contributed by atoms with Crippen LogP contribution in [0.15, 0.2) is 174 Å². The smallest absolute Gasteiger partial charge is 0.184 e. The normalized spacial score (nSPS) is 11.9. The Morgan fingerprint density at radius 3 is 1.53 bits per heavy atom. The molecule has 0 unspecified atom stereocenters. The molecule has 0 radical (unpaired) electrons. The lowest BCUT2D eigenvalue weighted by atomic mass is 10.1. The largest absolute Gasteiger partial charge is 0.456 e. The molecule has 4 heteroatoms. The van der Waals surface area contributed by atoms with Crippen LogP contribution in [0.25, 0.3) is 49.4 Å². The van der Waals surface area contributed by atoms with Crippen LogP contribution in [-0.2, 0) is 0 Å². The molecule has 0 saturated carbocycles. The van der Waals surface area contributed by atoms with Gasteiger partial charge in [0, 0.05) is 40.0 Å². The summed E-state index contributed by atoms with van der Waals surface area (Å²) in [6, 6.07) is 61.9. The molecular weight excluding hydrogens is 589 g/mol. The van der Waals surface area contributed by atoms with Crippen molar-refractivity contribution in [2.24, 2.45) is 0 Å². The summed E-state index contributed by atoms with van der Waals surface area (Å²) in [5, 5.41) is 13.2. The van der Waals surface area contributed by atoms with Crippen LogP contribution >= 0.6 is 0 Å². The maximum absolute atomic E-state index is 7.00. The molecule has 0 saturated heterocycles. The standard InChI is InChI=1S/C43H32N2OSi/c1-44-30-25-26-41-37(27-30)38-28-31(45-39-23-13-11-21-35(39)36-22-12-14-24-40(36)45)29-42(43(38)46-41)47(32-15-5-2-6-16-32,33-17-7-3-8-18-33)34-19-9-4-10-20-34/h2-29,44H,1H3. The van der Waals surface area contributed by atoms with E-state index in [1.54, 1.807) is 0 Å². The maximum atomic E-state index is 7.00. The van der Waals surface area contributed by atoms with Crippen LogP contribution in [-0.4, -0.2) is 19.7 Å². The Bertz CT molecular complexity index is 2400. The first-order chi connectivity index (χ1) is 23.3. The summed E-state index contributed by atoms with van der Waals surface area (Å²) in [5.74, 6) is 0. The quantitative estimate of drug-likeness (QED) is 0.150. The van der Waals surface area contributed by atoms with Crippen molar-refractivity contribution >= 4 is 78.3 Å². The van der Waals surface area contributed by atoms with Gasteiger partial charge >= 0.3 is 0 Å². The number of hydrogen-bond acceptors (Lipinski definition) is 2. The maximum Gasteiger partial charge on any atom is 0.184 e. The third kappa shape index (κ3) is 4.12. The summed E-state index contributed by atoms with van der Waals surface area (Å²) >= 11 is 0. The van der Waals surface area contributed by atoms with Gasteiger partial charge in [-0.25, -0.2) is 0 Å². The Morgan fingerprint density at radius 1 is 0.489 bits per heavy atom. The summed E-state index contributed by atoms with van der Waals surface area (Å²) in [7, 11) is -0.982. The molecular formula is C43H32N2OSi. The summed E-state index contributed by atoms with van der Waals surface area (Å²) in [4.78, 5) is 0. The van der Waals surface area contributed by atoms with E-state index in [-0.39, 0.29) is 0 Å². The van der Waals surface area contributed by atoms with Crippen LogP contribution in [0.5, 0.6) is 0 Å². The molecule has 0 atom stereocenters. The second kappa shape index (κ2) is 10.9. The highest BCUT2D eigenvalue weighted by Crippen LogP contribution is 2.36. The average molecular weight is 621 g/mol. The van der Waals surface area contributed by atoms with Gasteiger partial charge in [0.1, 0.15) is 11.2 Å². The molecule has 7 aromatic carbocycles. The van der Waals surface area contributed by atoms with Crippen molar-refractivity contribution in [3.8, 4) is 5.69 Å². The fourth-order valence-electron chi connectivity index (χ4n) is 7.66. The van der Waals surface area contributed by atoms with Crippen molar-refractivity contribution in [3.63, 3.8) is 0 Å². The minimum Gasteiger partial charge on any atom is -0.456 e. The Morgan fingerprint density at radius 2 is 1.00 bits per heavy atom. The number of benzene rings is 7. The van der Waals surface area contributed by atoms with Gasteiger partial charge in [-0.05, 0) is 63.2 Å². The second-order valence-corrected chi connectivity index (χ2v) is 15.9. The number of nitrogens with zero attached hydrogens (tertiary/aromatic N) is 1. The topological polar surface area (TPSA) is 30.1 Å². The molecule has 0 fully saturated rings. The number of hydrogen-bond donors (Lipinski definition) is 1. The van der Waals surface area contributed by atoms with E-state index in [0.717, 1.165) is 33.3 Å². The van der Waals surface area contributed by atoms with Gasteiger partial charge in [0.2, 0.25) is 0 Å². The number of rotatable bonds is 6. The highest BCUT2D eigenvalue weighted by Gasteiger charge is 2.44. The summed E-state index contributed by atoms with van der Waals surface area (Å²) in [6.45, 7) is 0. The van der Waals surface area contributed by atoms with Crippen molar-refractivity contribution in [2.45, 2.75) is 0 Å². The lowest BCUT2D eigenvalue weighted by molar-refractivity contribution is 0.671. The number of para-hydroxylation sites is 2. The molecule has 224 valence electrons. The van der Waals surface area contributed by atoms with Crippen LogP contribution in [0.3, 0.4) is 0 Å². The zero-order valence-electron chi connectivity index (χ0n) is 26.0. The van der Waals surface area contributed by atoms with Gasteiger partial charge in [0.25, 0.3) is 0 Å². The number of anilines is 1. The molecule has 2 heterocycles. The Labute approximate surface area is 274 Å². The molecule has 9 aromatic rings. The van der Waals surface area contributed by atoms with Crippen LogP contribution in [0.1, 0.15) is 0 Å². The summed E-state index contributed by atoms with van der Waals surface area (Å²) < 4.78 is 9.44. The van der Waals surface area contributed by atoms with Crippen molar-refractivity contribution in [1.29, 1.82) is 0 Å². The first kappa shape index (κ1) is 27.5. The minimum atomic E-state index is -2.95. The van der Waals surface area contributed by atoms with Gasteiger partial charge in [-0.15, -0.1) is 0 Å². The van der Waals surface area contributed by atoms with Gasteiger partial charge < -0.3 is 14.3 Å². The summed E-state index contributed by atoms with van der Waals surface area (Å²) in [5.41, 5.74) is 6.39. The van der Waals surface area contributed by atoms with Crippen LogP contribution < -0.4 is 26.1 Å². The van der Waals surface area contributed by atoms with Crippen molar-refractivity contribution < 1.29 is 4.42 Å². The van der Waals surface area contributed by atoms with E-state index in [2.05, 4.69) is 180 Å². The van der Waals surface area contributed by atoms with Crippen molar-refractivity contribution in [1.82, 2.24) is 4.57 Å². The number of furan rings is 1. The number of aromatic nitrogens is 1. The average Bonchev–Trinajstić information content (AvgIpc) is 3.69. The molecule has 47 heavy (non-hydrogen) atoms. The number of fused-ring (bicyclic) bond motifs is 6. The van der Waals surface area contributed by atoms with Gasteiger partial charge in [-0.1, -0.05) is 127 Å². The molecule has 0 aliphatic carbocycles. The Hall–Kier alpha value is -5.84. The molecule has 3 nitrogen and oxygen atoms in total. The second-order valence-electron chi connectivity index (χ2n) is 12.2. The fourth-order valence-corrected chi connectivity index (χ4v) is 12.6. The van der Waals surface area contributed by atoms with E-state index >= 15 is 0 Å². The van der Waals surface area contributed by atoms with Crippen molar-refractivity contribution in [2.75, 3.05) is 12.4 Å². The minimum absolute atomic E-state index is 0.886. The monoisotopic (exact) mass is 620 g/mol. The van der Waals surface area contributed by atoms with Crippen LogP contribution in [0.4, 0.5) is 5.69 Å². The van der Waals surface area contributed by atoms with E-state index in [9.17, 15) is 0 Å². The molecule has 0 bridgehead atoms. The van der Waals surface area contributed by atoms with E-state index in [0.29, 0.717) is 0 Å². The lowest BCUT2D eigenvalue weighted by Crippen LogP contribution is -2.74. The van der Waals surface area contributed by atoms with Gasteiger partial charge in [-0.2, -0.15) is 0 Å². The van der Waals surface area contributed by atoms with E-state index in [1.807, 2.05) is 7.05 Å². The Kier molecular flexibility index (Phi) is 6.37. The summed E-state index contributed by atoms with van der Waals surface area (Å²) in [6.07, 6.45) is 0. The molecule has 0 aliphatic rings. The highest BCUT2D eigenvalue weighted by molar-refractivity contribution is 7.20. The molecule has 9 rings (SSSR count). The third-order valence-corrected chi connectivity index (χ3v) is 14.5. The highest BCUT2D eigenvalue weighted by atomic mass is 28.3. The first-order valence-electron chi connectivity index (χ1n) is 16.1. The Balaban J connectivity index is 1.52. The zero-order chi connectivity index (χ0) is 31.4. The van der Waals surface area contributed by atoms with Gasteiger partial charge in [0.15, 0.2) is 8.07 Å². The van der Waals surface area contributed by atoms with E-state index in [4.69, 9.17) is 4.42 Å². The van der Waals surface area contributed by atoms with E-state index < -0.39 is 8.07 Å². The molecule has 1 N–H and O–H groups in total. The fraction of sp³-hybridized carbons (Fsp3) is 0.0233. The predicted octanol–water partition coefficient (Wildman–Crippen LogP) is 8.10. The SMILES string of the molecule is CNc1ccc2oc3c([Si](c4ccccc4)(c4ccccc4)c4ccccc4)cc(-n4c5ccccc5c5ccccc54)cc3c2c1. The molecule has 2 aromatic heterocycles. The van der Waals surface area contributed by atoms with Gasteiger partial charge in [-0.3, -0.25) is 0 Å². The van der Waals surface area contributed by atoms with Crippen LogP contribution in [0.2, 0.25) is 0 Å². The zero-order valence-corrected chi connectivity index (χ0v) is 27.0. The molecule has 0 aliphatic heterocycles. The van der Waals surface area contributed by atoms with Crippen molar-refractivity contribution in [3.05, 3.63) is 170 Å². The molecule has 0 spiro atoms. The number of nitrogens with one attached hydrogen (secondary N) is 1. The predicted molar refractivity (Wildman–Crippen MR) is 201 cm³/mol. The molecule has 0 amide bonds.